The van der Waals surface area contributed by atoms with E-state index in [2.05, 4.69) is 20.6 Å². The topological polar surface area (TPSA) is 66.9 Å². The summed E-state index contributed by atoms with van der Waals surface area (Å²) in [6.07, 6.45) is 2.37. The number of thiazole rings is 1. The zero-order valence-electron chi connectivity index (χ0n) is 10.0. The Bertz CT molecular complexity index is 512. The zero-order chi connectivity index (χ0) is 12.8. The molecular weight excluding hydrogens is 248 g/mol. The molecule has 0 radical (unpaired) electrons. The fourth-order valence-corrected chi connectivity index (χ4v) is 2.07. The molecule has 18 heavy (non-hydrogen) atoms. The number of nitrogens with one attached hydrogen (secondary N) is 2. The Hall–Kier alpha value is -1.95. The lowest BCUT2D eigenvalue weighted by molar-refractivity contribution is 0.252. The van der Waals surface area contributed by atoms with Crippen molar-refractivity contribution < 1.29 is 4.79 Å². The summed E-state index contributed by atoms with van der Waals surface area (Å²) in [6.45, 7) is 2.53. The van der Waals surface area contributed by atoms with Crippen LogP contribution in [-0.4, -0.2) is 22.5 Å². The van der Waals surface area contributed by atoms with Crippen molar-refractivity contribution in [3.63, 3.8) is 0 Å². The van der Waals surface area contributed by atoms with Gasteiger partial charge in [0.2, 0.25) is 0 Å². The fraction of sp³-hybridized carbons (Fsp3) is 0.250. The Morgan fingerprint density at radius 2 is 2.33 bits per heavy atom. The minimum atomic E-state index is -0.249. The van der Waals surface area contributed by atoms with Crippen molar-refractivity contribution in [3.8, 4) is 0 Å². The van der Waals surface area contributed by atoms with E-state index >= 15 is 0 Å². The molecule has 6 heteroatoms. The summed E-state index contributed by atoms with van der Waals surface area (Å²) in [6, 6.07) is 5.11. The molecule has 2 N–H and O–H groups in total. The van der Waals surface area contributed by atoms with Gasteiger partial charge in [-0.25, -0.2) is 14.8 Å². The summed E-state index contributed by atoms with van der Waals surface area (Å²) in [4.78, 5) is 19.9. The molecule has 0 spiro atoms. The highest BCUT2D eigenvalue weighted by molar-refractivity contribution is 7.09. The quantitative estimate of drug-likeness (QED) is 0.887. The molecular formula is C12H14N4OS. The molecule has 94 valence electrons. The Morgan fingerprint density at radius 3 is 3.00 bits per heavy atom. The second-order valence-electron chi connectivity index (χ2n) is 3.70. The molecule has 0 aliphatic heterocycles. The molecule has 0 unspecified atom stereocenters. The summed E-state index contributed by atoms with van der Waals surface area (Å²) >= 11 is 1.62. The number of pyridine rings is 1. The predicted octanol–water partition coefficient (Wildman–Crippen LogP) is 2.21. The van der Waals surface area contributed by atoms with E-state index in [9.17, 15) is 4.79 Å². The van der Waals surface area contributed by atoms with Gasteiger partial charge in [0.25, 0.3) is 0 Å². The van der Waals surface area contributed by atoms with E-state index in [1.807, 2.05) is 18.4 Å². The molecule has 0 aromatic carbocycles. The lowest BCUT2D eigenvalue weighted by atomic mass is 10.3. The lowest BCUT2D eigenvalue weighted by Crippen LogP contribution is -2.30. The molecule has 2 aromatic heterocycles. The first kappa shape index (κ1) is 12.5. The van der Waals surface area contributed by atoms with Gasteiger partial charge in [0.05, 0.1) is 10.7 Å². The van der Waals surface area contributed by atoms with Crippen LogP contribution in [-0.2, 0) is 6.42 Å². The van der Waals surface area contributed by atoms with E-state index in [-0.39, 0.29) is 6.03 Å². The van der Waals surface area contributed by atoms with Gasteiger partial charge < -0.3 is 5.32 Å². The van der Waals surface area contributed by atoms with E-state index in [4.69, 9.17) is 0 Å². The number of amides is 2. The van der Waals surface area contributed by atoms with E-state index in [1.165, 1.54) is 0 Å². The smallest absolute Gasteiger partial charge is 0.320 e. The fourth-order valence-electron chi connectivity index (χ4n) is 1.42. The highest BCUT2D eigenvalue weighted by atomic mass is 32.1. The number of urea groups is 1. The van der Waals surface area contributed by atoms with Crippen LogP contribution in [0.4, 0.5) is 10.6 Å². The van der Waals surface area contributed by atoms with Crippen molar-refractivity contribution in [2.45, 2.75) is 13.3 Å². The summed E-state index contributed by atoms with van der Waals surface area (Å²) < 4.78 is 0. The third-order valence-electron chi connectivity index (χ3n) is 2.24. The van der Waals surface area contributed by atoms with Gasteiger partial charge in [0.15, 0.2) is 0 Å². The number of rotatable bonds is 4. The van der Waals surface area contributed by atoms with Gasteiger partial charge in [-0.1, -0.05) is 6.07 Å². The lowest BCUT2D eigenvalue weighted by Gasteiger charge is -2.05. The maximum atomic E-state index is 11.5. The Labute approximate surface area is 109 Å². The summed E-state index contributed by atoms with van der Waals surface area (Å²) in [7, 11) is 0. The molecule has 0 fully saturated rings. The zero-order valence-corrected chi connectivity index (χ0v) is 10.8. The summed E-state index contributed by atoms with van der Waals surface area (Å²) in [5, 5.41) is 8.47. The average Bonchev–Trinajstić information content (AvgIpc) is 2.76. The molecule has 0 aliphatic rings. The number of hydrogen-bond acceptors (Lipinski definition) is 4. The van der Waals surface area contributed by atoms with E-state index in [0.29, 0.717) is 12.4 Å². The molecule has 2 heterocycles. The minimum Gasteiger partial charge on any atom is -0.337 e. The van der Waals surface area contributed by atoms with Crippen molar-refractivity contribution >= 4 is 23.2 Å². The van der Waals surface area contributed by atoms with E-state index in [1.54, 1.807) is 29.7 Å². The third kappa shape index (κ3) is 3.81. The van der Waals surface area contributed by atoms with Gasteiger partial charge in [-0.2, -0.15) is 0 Å². The number of aromatic nitrogens is 2. The van der Waals surface area contributed by atoms with Crippen molar-refractivity contribution in [3.05, 3.63) is 40.5 Å². The van der Waals surface area contributed by atoms with Crippen LogP contribution in [0.5, 0.6) is 0 Å². The van der Waals surface area contributed by atoms with Crippen molar-refractivity contribution in [1.29, 1.82) is 0 Å². The van der Waals surface area contributed by atoms with Gasteiger partial charge in [-0.3, -0.25) is 5.32 Å². The standard InChI is InChI=1S/C12H14N4OS/c1-9-15-10(8-18-9)5-7-14-12(17)16-11-4-2-3-6-13-11/h2-4,6,8H,5,7H2,1H3,(H2,13,14,16,17). The Balaban J connectivity index is 1.72. The number of aryl methyl sites for hydroxylation is 1. The van der Waals surface area contributed by atoms with Gasteiger partial charge in [-0.05, 0) is 19.1 Å². The van der Waals surface area contributed by atoms with Gasteiger partial charge >= 0.3 is 6.03 Å². The number of nitrogens with zero attached hydrogens (tertiary/aromatic N) is 2. The van der Waals surface area contributed by atoms with Crippen molar-refractivity contribution in [2.75, 3.05) is 11.9 Å². The van der Waals surface area contributed by atoms with Crippen LogP contribution in [0.2, 0.25) is 0 Å². The molecule has 2 amide bonds. The molecule has 0 bridgehead atoms. The van der Waals surface area contributed by atoms with Crippen LogP contribution in [0.3, 0.4) is 0 Å². The Kier molecular flexibility index (Phi) is 4.25. The SMILES string of the molecule is Cc1nc(CCNC(=O)Nc2ccccn2)cs1. The number of carbonyl (C=O) groups is 1. The molecule has 0 atom stereocenters. The molecule has 2 rings (SSSR count). The van der Waals surface area contributed by atoms with E-state index in [0.717, 1.165) is 17.1 Å². The van der Waals surface area contributed by atoms with Gasteiger partial charge in [0, 0.05) is 24.5 Å². The van der Waals surface area contributed by atoms with Crippen LogP contribution in [0.1, 0.15) is 10.7 Å². The van der Waals surface area contributed by atoms with Crippen LogP contribution >= 0.6 is 11.3 Å². The van der Waals surface area contributed by atoms with Crippen molar-refractivity contribution in [1.82, 2.24) is 15.3 Å². The Morgan fingerprint density at radius 1 is 1.44 bits per heavy atom. The normalized spacial score (nSPS) is 10.1. The highest BCUT2D eigenvalue weighted by Gasteiger charge is 2.02. The largest absolute Gasteiger partial charge is 0.337 e. The van der Waals surface area contributed by atoms with E-state index < -0.39 is 0 Å². The maximum absolute atomic E-state index is 11.5. The number of anilines is 1. The molecule has 0 aliphatic carbocycles. The first-order valence-electron chi connectivity index (χ1n) is 5.61. The third-order valence-corrected chi connectivity index (χ3v) is 3.06. The van der Waals surface area contributed by atoms with Gasteiger partial charge in [0.1, 0.15) is 5.82 Å². The monoisotopic (exact) mass is 262 g/mol. The van der Waals surface area contributed by atoms with Crippen molar-refractivity contribution in [2.24, 2.45) is 0 Å². The molecule has 0 saturated heterocycles. The van der Waals surface area contributed by atoms with Crippen LogP contribution in [0.15, 0.2) is 29.8 Å². The summed E-state index contributed by atoms with van der Waals surface area (Å²) in [5.41, 5.74) is 1.01. The second-order valence-corrected chi connectivity index (χ2v) is 4.77. The second kappa shape index (κ2) is 6.11. The summed E-state index contributed by atoms with van der Waals surface area (Å²) in [5.74, 6) is 0.541. The molecule has 2 aromatic rings. The minimum absolute atomic E-state index is 0.249. The highest BCUT2D eigenvalue weighted by Crippen LogP contribution is 2.07. The van der Waals surface area contributed by atoms with Crippen LogP contribution < -0.4 is 10.6 Å². The average molecular weight is 262 g/mol. The maximum Gasteiger partial charge on any atom is 0.320 e. The molecule has 0 saturated carbocycles. The molecule has 5 nitrogen and oxygen atoms in total. The first-order chi connectivity index (χ1) is 8.74. The predicted molar refractivity (Wildman–Crippen MR) is 71.8 cm³/mol. The number of carbonyl (C=O) groups excluding carboxylic acids is 1. The van der Waals surface area contributed by atoms with Crippen LogP contribution in [0.25, 0.3) is 0 Å². The first-order valence-corrected chi connectivity index (χ1v) is 6.49. The number of hydrogen-bond donors (Lipinski definition) is 2. The van der Waals surface area contributed by atoms with Crippen LogP contribution in [0, 0.1) is 6.92 Å². The van der Waals surface area contributed by atoms with Gasteiger partial charge in [-0.15, -0.1) is 11.3 Å².